The zero-order valence-corrected chi connectivity index (χ0v) is 18.3. The van der Waals surface area contributed by atoms with E-state index in [1.807, 2.05) is 53.0 Å². The Morgan fingerprint density at radius 3 is 2.36 bits per heavy atom. The molecular formula is C25H23N7O. The molecule has 164 valence electrons. The Labute approximate surface area is 191 Å². The number of methoxy groups -OCH3 is 1. The van der Waals surface area contributed by atoms with Crippen LogP contribution in [0.25, 0.3) is 27.9 Å². The standard InChI is InChI=1S/C25H23N7O/c1-33-20-10-8-19(9-11-20)30-13-15-31(16-14-30)25-27-22-7-3-2-6-21(22)24-28-23(29-32(24)25)18-5-4-12-26-17-18/h2-12,17H,13-16H2,1H3. The second kappa shape index (κ2) is 8.05. The molecule has 2 aromatic carbocycles. The van der Waals surface area contributed by atoms with Crippen molar-refractivity contribution in [3.8, 4) is 17.1 Å². The number of pyridine rings is 1. The number of fused-ring (bicyclic) bond motifs is 3. The van der Waals surface area contributed by atoms with Gasteiger partial charge in [-0.05, 0) is 48.5 Å². The third kappa shape index (κ3) is 3.49. The Hall–Kier alpha value is -4.20. The lowest BCUT2D eigenvalue weighted by molar-refractivity contribution is 0.415. The molecule has 8 heteroatoms. The van der Waals surface area contributed by atoms with Crippen LogP contribution in [0.15, 0.2) is 73.1 Å². The second-order valence-corrected chi connectivity index (χ2v) is 8.01. The smallest absolute Gasteiger partial charge is 0.229 e. The summed E-state index contributed by atoms with van der Waals surface area (Å²) in [4.78, 5) is 18.8. The number of para-hydroxylation sites is 1. The van der Waals surface area contributed by atoms with Crippen LogP contribution in [0.4, 0.5) is 11.6 Å². The van der Waals surface area contributed by atoms with E-state index in [-0.39, 0.29) is 0 Å². The molecule has 4 heterocycles. The summed E-state index contributed by atoms with van der Waals surface area (Å²) >= 11 is 0. The molecule has 1 saturated heterocycles. The molecular weight excluding hydrogens is 414 g/mol. The number of benzene rings is 2. The lowest BCUT2D eigenvalue weighted by atomic mass is 10.2. The van der Waals surface area contributed by atoms with Gasteiger partial charge in [0.25, 0.3) is 0 Å². The Kier molecular flexibility index (Phi) is 4.75. The number of hydrogen-bond acceptors (Lipinski definition) is 7. The summed E-state index contributed by atoms with van der Waals surface area (Å²) in [6.07, 6.45) is 3.54. The van der Waals surface area contributed by atoms with Crippen molar-refractivity contribution in [2.45, 2.75) is 0 Å². The van der Waals surface area contributed by atoms with Crippen LogP contribution < -0.4 is 14.5 Å². The Morgan fingerprint density at radius 2 is 1.61 bits per heavy atom. The van der Waals surface area contributed by atoms with Crippen molar-refractivity contribution >= 4 is 28.2 Å². The maximum Gasteiger partial charge on any atom is 0.229 e. The first-order chi connectivity index (χ1) is 16.3. The van der Waals surface area contributed by atoms with Gasteiger partial charge in [0.1, 0.15) is 5.75 Å². The number of anilines is 2. The molecule has 0 bridgehead atoms. The predicted octanol–water partition coefficient (Wildman–Crippen LogP) is 3.67. The van der Waals surface area contributed by atoms with Crippen LogP contribution in [0, 0.1) is 0 Å². The normalized spacial score (nSPS) is 14.2. The van der Waals surface area contributed by atoms with Crippen LogP contribution >= 0.6 is 0 Å². The van der Waals surface area contributed by atoms with E-state index in [1.54, 1.807) is 19.5 Å². The number of aromatic nitrogens is 5. The van der Waals surface area contributed by atoms with Crippen LogP contribution in [0.3, 0.4) is 0 Å². The van der Waals surface area contributed by atoms with Gasteiger partial charge in [-0.15, -0.1) is 5.10 Å². The summed E-state index contributed by atoms with van der Waals surface area (Å²) in [6.45, 7) is 3.47. The molecule has 3 aromatic heterocycles. The molecule has 0 unspecified atom stereocenters. The van der Waals surface area contributed by atoms with Crippen molar-refractivity contribution in [3.63, 3.8) is 0 Å². The summed E-state index contributed by atoms with van der Waals surface area (Å²) < 4.78 is 7.17. The van der Waals surface area contributed by atoms with E-state index in [0.29, 0.717) is 5.82 Å². The van der Waals surface area contributed by atoms with Gasteiger partial charge < -0.3 is 14.5 Å². The van der Waals surface area contributed by atoms with Gasteiger partial charge >= 0.3 is 0 Å². The van der Waals surface area contributed by atoms with Crippen molar-refractivity contribution in [2.24, 2.45) is 0 Å². The van der Waals surface area contributed by atoms with Crippen LogP contribution in [0.1, 0.15) is 0 Å². The van der Waals surface area contributed by atoms with Crippen molar-refractivity contribution < 1.29 is 4.74 Å². The van der Waals surface area contributed by atoms with Crippen molar-refractivity contribution in [1.29, 1.82) is 0 Å². The Balaban J connectivity index is 1.36. The van der Waals surface area contributed by atoms with Gasteiger partial charge in [0.05, 0.1) is 12.6 Å². The number of nitrogens with zero attached hydrogens (tertiary/aromatic N) is 7. The van der Waals surface area contributed by atoms with Gasteiger partial charge in [-0.3, -0.25) is 4.98 Å². The monoisotopic (exact) mass is 437 g/mol. The number of rotatable bonds is 4. The molecule has 0 atom stereocenters. The average Bonchev–Trinajstić information content (AvgIpc) is 3.35. The largest absolute Gasteiger partial charge is 0.497 e. The topological polar surface area (TPSA) is 71.7 Å². The van der Waals surface area contributed by atoms with Gasteiger partial charge in [-0.25, -0.2) is 9.97 Å². The Morgan fingerprint density at radius 1 is 0.818 bits per heavy atom. The zero-order chi connectivity index (χ0) is 22.2. The van der Waals surface area contributed by atoms with Crippen LogP contribution in [0.2, 0.25) is 0 Å². The molecule has 1 aliphatic heterocycles. The maximum absolute atomic E-state index is 5.29. The summed E-state index contributed by atoms with van der Waals surface area (Å²) in [7, 11) is 1.69. The van der Waals surface area contributed by atoms with Crippen molar-refractivity contribution in [3.05, 3.63) is 73.1 Å². The van der Waals surface area contributed by atoms with E-state index >= 15 is 0 Å². The van der Waals surface area contributed by atoms with Crippen molar-refractivity contribution in [1.82, 2.24) is 24.6 Å². The molecule has 5 aromatic rings. The molecule has 6 rings (SSSR count). The molecule has 1 fully saturated rings. The minimum Gasteiger partial charge on any atom is -0.497 e. The van der Waals surface area contributed by atoms with E-state index in [9.17, 15) is 0 Å². The fourth-order valence-corrected chi connectivity index (χ4v) is 4.32. The van der Waals surface area contributed by atoms with Crippen LogP contribution in [-0.2, 0) is 0 Å². The molecule has 0 amide bonds. The van der Waals surface area contributed by atoms with E-state index in [2.05, 4.69) is 26.9 Å². The molecule has 0 saturated carbocycles. The number of ether oxygens (including phenoxy) is 1. The predicted molar refractivity (Wildman–Crippen MR) is 129 cm³/mol. The van der Waals surface area contributed by atoms with E-state index < -0.39 is 0 Å². The molecule has 1 aliphatic rings. The first-order valence-electron chi connectivity index (χ1n) is 11.0. The van der Waals surface area contributed by atoms with Gasteiger partial charge in [0, 0.05) is 55.2 Å². The van der Waals surface area contributed by atoms with Gasteiger partial charge in [-0.1, -0.05) is 12.1 Å². The third-order valence-electron chi connectivity index (χ3n) is 6.08. The lowest BCUT2D eigenvalue weighted by Crippen LogP contribution is -2.47. The van der Waals surface area contributed by atoms with Crippen LogP contribution in [-0.4, -0.2) is 57.9 Å². The highest BCUT2D eigenvalue weighted by molar-refractivity contribution is 5.93. The first kappa shape index (κ1) is 19.5. The first-order valence-corrected chi connectivity index (χ1v) is 11.0. The van der Waals surface area contributed by atoms with Gasteiger partial charge in [0.2, 0.25) is 5.95 Å². The molecule has 33 heavy (non-hydrogen) atoms. The van der Waals surface area contributed by atoms with E-state index in [4.69, 9.17) is 19.8 Å². The Bertz CT molecular complexity index is 1410. The molecule has 8 nitrogen and oxygen atoms in total. The van der Waals surface area contributed by atoms with Crippen LogP contribution in [0.5, 0.6) is 5.75 Å². The zero-order valence-electron chi connectivity index (χ0n) is 18.3. The fraction of sp³-hybridized carbons (Fsp3) is 0.200. The summed E-state index contributed by atoms with van der Waals surface area (Å²) in [6, 6.07) is 20.2. The van der Waals surface area contributed by atoms with Gasteiger partial charge in [0.15, 0.2) is 11.5 Å². The lowest BCUT2D eigenvalue weighted by Gasteiger charge is -2.36. The van der Waals surface area contributed by atoms with E-state index in [1.165, 1.54) is 5.69 Å². The highest BCUT2D eigenvalue weighted by atomic mass is 16.5. The van der Waals surface area contributed by atoms with E-state index in [0.717, 1.165) is 60.0 Å². The third-order valence-corrected chi connectivity index (χ3v) is 6.08. The quantitative estimate of drug-likeness (QED) is 0.425. The highest BCUT2D eigenvalue weighted by Crippen LogP contribution is 2.27. The SMILES string of the molecule is COc1ccc(N2CCN(c3nc4ccccc4c4nc(-c5cccnc5)nn34)CC2)cc1. The fourth-order valence-electron chi connectivity index (χ4n) is 4.32. The van der Waals surface area contributed by atoms with Gasteiger partial charge in [-0.2, -0.15) is 4.52 Å². The molecule has 0 aliphatic carbocycles. The molecule has 0 spiro atoms. The number of hydrogen-bond donors (Lipinski definition) is 0. The summed E-state index contributed by atoms with van der Waals surface area (Å²) in [5.74, 6) is 2.34. The van der Waals surface area contributed by atoms with Crippen molar-refractivity contribution in [2.75, 3.05) is 43.1 Å². The number of piperazine rings is 1. The highest BCUT2D eigenvalue weighted by Gasteiger charge is 2.23. The molecule has 0 radical (unpaired) electrons. The second-order valence-electron chi connectivity index (χ2n) is 8.01. The average molecular weight is 438 g/mol. The minimum absolute atomic E-state index is 0.652. The maximum atomic E-state index is 5.29. The summed E-state index contributed by atoms with van der Waals surface area (Å²) in [5, 5.41) is 5.83. The minimum atomic E-state index is 0.652. The molecule has 0 N–H and O–H groups in total. The summed E-state index contributed by atoms with van der Waals surface area (Å²) in [5.41, 5.74) is 3.82.